The van der Waals surface area contributed by atoms with Crippen molar-refractivity contribution in [3.05, 3.63) is 35.9 Å². The van der Waals surface area contributed by atoms with E-state index in [1.807, 2.05) is 7.05 Å². The van der Waals surface area contributed by atoms with Gasteiger partial charge in [0.15, 0.2) is 5.05 Å². The molecular formula is C16H25N3OS. The van der Waals surface area contributed by atoms with Gasteiger partial charge in [-0.15, -0.1) is 0 Å². The minimum atomic E-state index is 0.0742. The molecule has 1 fully saturated rings. The van der Waals surface area contributed by atoms with E-state index in [2.05, 4.69) is 45.0 Å². The van der Waals surface area contributed by atoms with Crippen LogP contribution in [-0.4, -0.2) is 77.7 Å². The lowest BCUT2D eigenvalue weighted by atomic mass is 10.2. The molecule has 1 aromatic carbocycles. The highest BCUT2D eigenvalue weighted by molar-refractivity contribution is 7.80. The number of aliphatic hydroxyl groups is 1. The summed E-state index contributed by atoms with van der Waals surface area (Å²) in [4.78, 5) is 7.06. The Bertz CT molecular complexity index is 432. The molecule has 1 N–H and O–H groups in total. The zero-order chi connectivity index (χ0) is 15.1. The zero-order valence-electron chi connectivity index (χ0n) is 12.7. The van der Waals surface area contributed by atoms with Crippen molar-refractivity contribution >= 4 is 17.3 Å². The second-order valence-electron chi connectivity index (χ2n) is 5.73. The van der Waals surface area contributed by atoms with Gasteiger partial charge in [-0.1, -0.05) is 30.3 Å². The first-order valence-electron chi connectivity index (χ1n) is 7.52. The van der Waals surface area contributed by atoms with Gasteiger partial charge in [0.2, 0.25) is 0 Å². The number of nitrogens with zero attached hydrogens (tertiary/aromatic N) is 3. The van der Waals surface area contributed by atoms with Gasteiger partial charge < -0.3 is 5.11 Å². The molecule has 116 valence electrons. The minimum Gasteiger partial charge on any atom is -0.501 e. The summed E-state index contributed by atoms with van der Waals surface area (Å²) in [7, 11) is 1.99. The highest BCUT2D eigenvalue weighted by Crippen LogP contribution is 2.08. The molecule has 0 saturated carbocycles. The van der Waals surface area contributed by atoms with Crippen LogP contribution in [0, 0.1) is 0 Å². The Balaban J connectivity index is 1.65. The normalized spacial score (nSPS) is 17.2. The zero-order valence-corrected chi connectivity index (χ0v) is 13.6. The van der Waals surface area contributed by atoms with E-state index in [4.69, 9.17) is 17.3 Å². The summed E-state index contributed by atoms with van der Waals surface area (Å²) < 4.78 is 0. The van der Waals surface area contributed by atoms with Gasteiger partial charge in [0.1, 0.15) is 0 Å². The molecule has 0 atom stereocenters. The molecule has 1 aromatic rings. The molecule has 1 saturated heterocycles. The first-order chi connectivity index (χ1) is 10.1. The topological polar surface area (TPSA) is 30.0 Å². The summed E-state index contributed by atoms with van der Waals surface area (Å²) >= 11 is 4.71. The summed E-state index contributed by atoms with van der Waals surface area (Å²) in [5, 5.41) is 9.18. The van der Waals surface area contributed by atoms with E-state index in [1.165, 1.54) is 5.56 Å². The van der Waals surface area contributed by atoms with Crippen LogP contribution in [0.15, 0.2) is 30.3 Å². The van der Waals surface area contributed by atoms with Gasteiger partial charge in [-0.25, -0.2) is 0 Å². The largest absolute Gasteiger partial charge is 0.501 e. The molecule has 0 bridgehead atoms. The summed E-state index contributed by atoms with van der Waals surface area (Å²) in [6, 6.07) is 10.7. The molecule has 2 rings (SSSR count). The van der Waals surface area contributed by atoms with Crippen LogP contribution in [0.2, 0.25) is 0 Å². The van der Waals surface area contributed by atoms with Crippen LogP contribution < -0.4 is 0 Å². The van der Waals surface area contributed by atoms with E-state index in [0.717, 1.165) is 45.8 Å². The number of likely N-dealkylation sites (N-methyl/N-ethyl adjacent to an activating group) is 1. The molecule has 0 aliphatic carbocycles. The predicted octanol–water partition coefficient (Wildman–Crippen LogP) is 1.62. The average Bonchev–Trinajstić information content (AvgIpc) is 2.47. The number of rotatable bonds is 7. The minimum absolute atomic E-state index is 0.0742. The van der Waals surface area contributed by atoms with Gasteiger partial charge in [-0.3, -0.25) is 14.7 Å². The van der Waals surface area contributed by atoms with Crippen LogP contribution in [-0.2, 0) is 6.54 Å². The highest BCUT2D eigenvalue weighted by Gasteiger charge is 2.17. The van der Waals surface area contributed by atoms with E-state index in [9.17, 15) is 0 Å². The molecule has 0 spiro atoms. The maximum absolute atomic E-state index is 9.10. The van der Waals surface area contributed by atoms with Crippen molar-refractivity contribution in [2.75, 3.05) is 52.9 Å². The standard InChI is InChI=1S/C16H25N3OS/c1-17(14-16(20)21)7-8-18-9-11-19(12-10-18)13-15-5-3-2-4-6-15/h2-6H,7-14H2,1H3,(H,20,21). The van der Waals surface area contributed by atoms with Crippen molar-refractivity contribution in [3.8, 4) is 0 Å². The number of piperazine rings is 1. The lowest BCUT2D eigenvalue weighted by molar-refractivity contribution is 0.119. The van der Waals surface area contributed by atoms with E-state index >= 15 is 0 Å². The second kappa shape index (κ2) is 8.44. The number of hydrogen-bond acceptors (Lipinski definition) is 4. The third kappa shape index (κ3) is 6.09. The Morgan fingerprint density at radius 3 is 2.38 bits per heavy atom. The summed E-state index contributed by atoms with van der Waals surface area (Å²) in [5.74, 6) is 0. The molecule has 0 amide bonds. The smallest absolute Gasteiger partial charge is 0.170 e. The fourth-order valence-corrected chi connectivity index (χ4v) is 2.86. The molecule has 0 unspecified atom stereocenters. The van der Waals surface area contributed by atoms with Crippen LogP contribution in [0.4, 0.5) is 0 Å². The SMILES string of the molecule is CN(CCN1CCN(Cc2ccccc2)CC1)CC(O)=S. The first kappa shape index (κ1) is 16.4. The summed E-state index contributed by atoms with van der Waals surface area (Å²) in [5.41, 5.74) is 1.39. The van der Waals surface area contributed by atoms with Crippen molar-refractivity contribution in [1.29, 1.82) is 0 Å². The van der Waals surface area contributed by atoms with Crippen molar-refractivity contribution in [1.82, 2.24) is 14.7 Å². The third-order valence-corrected chi connectivity index (χ3v) is 4.05. The van der Waals surface area contributed by atoms with Crippen LogP contribution in [0.3, 0.4) is 0 Å². The summed E-state index contributed by atoms with van der Waals surface area (Å²) in [6.07, 6.45) is 0. The van der Waals surface area contributed by atoms with Gasteiger partial charge in [0.25, 0.3) is 0 Å². The van der Waals surface area contributed by atoms with E-state index in [1.54, 1.807) is 0 Å². The van der Waals surface area contributed by atoms with Gasteiger partial charge in [-0.05, 0) is 24.8 Å². The fraction of sp³-hybridized carbons (Fsp3) is 0.562. The molecule has 5 heteroatoms. The van der Waals surface area contributed by atoms with Gasteiger partial charge in [-0.2, -0.15) is 0 Å². The lowest BCUT2D eigenvalue weighted by Crippen LogP contribution is -2.48. The monoisotopic (exact) mass is 307 g/mol. The molecule has 0 radical (unpaired) electrons. The quantitative estimate of drug-likeness (QED) is 0.774. The Labute approximate surface area is 133 Å². The number of benzene rings is 1. The molecule has 1 aliphatic rings. The Morgan fingerprint density at radius 1 is 1.14 bits per heavy atom. The maximum atomic E-state index is 9.10. The van der Waals surface area contributed by atoms with Crippen molar-refractivity contribution < 1.29 is 5.11 Å². The number of aliphatic hydroxyl groups excluding tert-OH is 1. The number of thiocarbonyl (C=S) groups is 1. The average molecular weight is 307 g/mol. The van der Waals surface area contributed by atoms with Gasteiger partial charge >= 0.3 is 0 Å². The maximum Gasteiger partial charge on any atom is 0.170 e. The van der Waals surface area contributed by atoms with E-state index in [-0.39, 0.29) is 5.05 Å². The lowest BCUT2D eigenvalue weighted by Gasteiger charge is -2.35. The van der Waals surface area contributed by atoms with Crippen LogP contribution in [0.1, 0.15) is 5.56 Å². The van der Waals surface area contributed by atoms with Crippen LogP contribution in [0.5, 0.6) is 0 Å². The number of hydrogen-bond donors (Lipinski definition) is 1. The van der Waals surface area contributed by atoms with Crippen molar-refractivity contribution in [2.45, 2.75) is 6.54 Å². The third-order valence-electron chi connectivity index (χ3n) is 3.92. The molecule has 1 heterocycles. The van der Waals surface area contributed by atoms with Gasteiger partial charge in [0, 0.05) is 45.8 Å². The Kier molecular flexibility index (Phi) is 6.57. The molecule has 0 aromatic heterocycles. The highest BCUT2D eigenvalue weighted by atomic mass is 32.1. The van der Waals surface area contributed by atoms with Crippen molar-refractivity contribution in [2.24, 2.45) is 0 Å². The fourth-order valence-electron chi connectivity index (χ4n) is 2.63. The first-order valence-corrected chi connectivity index (χ1v) is 7.93. The second-order valence-corrected chi connectivity index (χ2v) is 6.21. The van der Waals surface area contributed by atoms with E-state index < -0.39 is 0 Å². The molecule has 4 nitrogen and oxygen atoms in total. The van der Waals surface area contributed by atoms with Crippen LogP contribution in [0.25, 0.3) is 0 Å². The van der Waals surface area contributed by atoms with Gasteiger partial charge in [0.05, 0.1) is 6.54 Å². The molecule has 21 heavy (non-hydrogen) atoms. The molecular weight excluding hydrogens is 282 g/mol. The predicted molar refractivity (Wildman–Crippen MR) is 90.9 cm³/mol. The molecule has 1 aliphatic heterocycles. The Morgan fingerprint density at radius 2 is 1.76 bits per heavy atom. The van der Waals surface area contributed by atoms with Crippen molar-refractivity contribution in [3.63, 3.8) is 0 Å². The van der Waals surface area contributed by atoms with Crippen LogP contribution >= 0.6 is 12.2 Å². The van der Waals surface area contributed by atoms with E-state index in [0.29, 0.717) is 6.54 Å². The summed E-state index contributed by atoms with van der Waals surface area (Å²) in [6.45, 7) is 8.00. The Hall–Kier alpha value is -1.01.